The van der Waals surface area contributed by atoms with Crippen LogP contribution in [0.3, 0.4) is 0 Å². The summed E-state index contributed by atoms with van der Waals surface area (Å²) in [7, 11) is 2.29. The second-order valence-electron chi connectivity index (χ2n) is 6.89. The zero-order valence-corrected chi connectivity index (χ0v) is 12.7. The van der Waals surface area contributed by atoms with E-state index < -0.39 is 0 Å². The molecule has 3 atom stereocenters. The number of hydrogen-bond acceptors (Lipinski definition) is 2. The molecule has 0 amide bonds. The van der Waals surface area contributed by atoms with Gasteiger partial charge in [-0.2, -0.15) is 0 Å². The molecule has 0 bridgehead atoms. The molecular formula is C18H28N2. The fraction of sp³-hybridized carbons (Fsp3) is 0.667. The number of hydrogen-bond donors (Lipinski definition) is 1. The normalized spacial score (nSPS) is 31.2. The van der Waals surface area contributed by atoms with Gasteiger partial charge >= 0.3 is 0 Å². The Balaban J connectivity index is 1.63. The lowest BCUT2D eigenvalue weighted by molar-refractivity contribution is 0.115. The number of nitrogens with zero attached hydrogens (tertiary/aromatic N) is 1. The average Bonchev–Trinajstić information content (AvgIpc) is 2.44. The molecule has 3 unspecified atom stereocenters. The summed E-state index contributed by atoms with van der Waals surface area (Å²) in [4.78, 5) is 2.56. The zero-order valence-electron chi connectivity index (χ0n) is 12.7. The second-order valence-corrected chi connectivity index (χ2v) is 6.89. The van der Waals surface area contributed by atoms with Gasteiger partial charge in [-0.1, -0.05) is 36.8 Å². The van der Waals surface area contributed by atoms with E-state index in [1.165, 1.54) is 50.6 Å². The summed E-state index contributed by atoms with van der Waals surface area (Å²) < 4.78 is 0. The number of nitrogens with two attached hydrogens (primary N) is 1. The molecule has 2 heteroatoms. The fourth-order valence-electron chi connectivity index (χ4n) is 3.92. The minimum atomic E-state index is 0.361. The highest BCUT2D eigenvalue weighted by atomic mass is 15.1. The smallest absolute Gasteiger partial charge is 0.0250 e. The molecule has 0 saturated heterocycles. The van der Waals surface area contributed by atoms with Gasteiger partial charge in [-0.15, -0.1) is 0 Å². The minimum absolute atomic E-state index is 0.361. The predicted octanol–water partition coefficient (Wildman–Crippen LogP) is 3.38. The first-order valence-electron chi connectivity index (χ1n) is 8.25. The van der Waals surface area contributed by atoms with Gasteiger partial charge in [0.05, 0.1) is 0 Å². The van der Waals surface area contributed by atoms with E-state index in [-0.39, 0.29) is 0 Å². The standard InChI is InChI=1S/C18H28N2/c1-20(13-14-6-5-7-14)18-12-16(10-11-17(18)19)15-8-3-2-4-9-15/h2-4,8-9,14,16-18H,5-7,10-13,19H2,1H3. The molecule has 0 aromatic heterocycles. The van der Waals surface area contributed by atoms with Crippen molar-refractivity contribution in [3.8, 4) is 0 Å². The Morgan fingerprint density at radius 1 is 1.10 bits per heavy atom. The van der Waals surface area contributed by atoms with Crippen molar-refractivity contribution in [2.24, 2.45) is 11.7 Å². The molecule has 2 fully saturated rings. The fourth-order valence-corrected chi connectivity index (χ4v) is 3.92. The molecule has 2 nitrogen and oxygen atoms in total. The van der Waals surface area contributed by atoms with Crippen LogP contribution in [0.1, 0.15) is 50.0 Å². The van der Waals surface area contributed by atoms with Gasteiger partial charge in [0.1, 0.15) is 0 Å². The molecule has 2 saturated carbocycles. The molecule has 1 aromatic carbocycles. The molecule has 0 aliphatic heterocycles. The second kappa shape index (κ2) is 6.28. The third-order valence-corrected chi connectivity index (χ3v) is 5.48. The van der Waals surface area contributed by atoms with E-state index in [9.17, 15) is 0 Å². The average molecular weight is 272 g/mol. The monoisotopic (exact) mass is 272 g/mol. The molecule has 0 spiro atoms. The molecule has 2 aliphatic carbocycles. The van der Waals surface area contributed by atoms with Gasteiger partial charge in [-0.25, -0.2) is 0 Å². The molecule has 20 heavy (non-hydrogen) atoms. The predicted molar refractivity (Wildman–Crippen MR) is 84.8 cm³/mol. The van der Waals surface area contributed by atoms with E-state index in [0.717, 1.165) is 5.92 Å². The van der Waals surface area contributed by atoms with E-state index in [0.29, 0.717) is 18.0 Å². The maximum Gasteiger partial charge on any atom is 0.0250 e. The van der Waals surface area contributed by atoms with Gasteiger partial charge in [0.25, 0.3) is 0 Å². The molecule has 1 aromatic rings. The minimum Gasteiger partial charge on any atom is -0.326 e. The van der Waals surface area contributed by atoms with Crippen LogP contribution in [-0.2, 0) is 0 Å². The van der Waals surface area contributed by atoms with Crippen molar-refractivity contribution in [2.45, 2.75) is 56.5 Å². The summed E-state index contributed by atoms with van der Waals surface area (Å²) >= 11 is 0. The lowest BCUT2D eigenvalue weighted by atomic mass is 9.77. The largest absolute Gasteiger partial charge is 0.326 e. The highest BCUT2D eigenvalue weighted by Crippen LogP contribution is 2.35. The highest BCUT2D eigenvalue weighted by Gasteiger charge is 2.33. The quantitative estimate of drug-likeness (QED) is 0.910. The zero-order chi connectivity index (χ0) is 13.9. The molecule has 110 valence electrons. The Labute approximate surface area is 123 Å². The molecule has 2 N–H and O–H groups in total. The van der Waals surface area contributed by atoms with Crippen LogP contribution >= 0.6 is 0 Å². The third kappa shape index (κ3) is 3.07. The molecule has 0 heterocycles. The molecular weight excluding hydrogens is 244 g/mol. The first-order chi connectivity index (χ1) is 9.74. The molecule has 0 radical (unpaired) electrons. The van der Waals surface area contributed by atoms with E-state index in [1.807, 2.05) is 0 Å². The van der Waals surface area contributed by atoms with Crippen LogP contribution in [0.2, 0.25) is 0 Å². The Kier molecular flexibility index (Phi) is 4.42. The Bertz CT molecular complexity index is 413. The van der Waals surface area contributed by atoms with Gasteiger partial charge in [0.2, 0.25) is 0 Å². The van der Waals surface area contributed by atoms with Crippen molar-refractivity contribution in [2.75, 3.05) is 13.6 Å². The maximum absolute atomic E-state index is 6.41. The van der Waals surface area contributed by atoms with Crippen LogP contribution in [0.25, 0.3) is 0 Å². The van der Waals surface area contributed by atoms with E-state index in [4.69, 9.17) is 5.73 Å². The number of rotatable bonds is 4. The summed E-state index contributed by atoms with van der Waals surface area (Å²) in [6, 6.07) is 11.9. The van der Waals surface area contributed by atoms with Crippen LogP contribution < -0.4 is 5.73 Å². The summed E-state index contributed by atoms with van der Waals surface area (Å²) in [6.07, 6.45) is 7.93. The lowest BCUT2D eigenvalue weighted by Crippen LogP contribution is -2.51. The van der Waals surface area contributed by atoms with Crippen molar-refractivity contribution in [3.05, 3.63) is 35.9 Å². The van der Waals surface area contributed by atoms with Crippen molar-refractivity contribution in [3.63, 3.8) is 0 Å². The first-order valence-corrected chi connectivity index (χ1v) is 8.25. The van der Waals surface area contributed by atoms with Gasteiger partial charge in [-0.05, 0) is 56.6 Å². The van der Waals surface area contributed by atoms with Gasteiger partial charge in [-0.3, -0.25) is 0 Å². The SMILES string of the molecule is CN(CC1CCC1)C1CC(c2ccccc2)CCC1N. The van der Waals surface area contributed by atoms with Gasteiger partial charge < -0.3 is 10.6 Å². The van der Waals surface area contributed by atoms with Crippen molar-refractivity contribution in [1.29, 1.82) is 0 Å². The van der Waals surface area contributed by atoms with Crippen molar-refractivity contribution < 1.29 is 0 Å². The van der Waals surface area contributed by atoms with E-state index >= 15 is 0 Å². The van der Waals surface area contributed by atoms with Crippen molar-refractivity contribution >= 4 is 0 Å². The van der Waals surface area contributed by atoms with E-state index in [2.05, 4.69) is 42.3 Å². The first kappa shape index (κ1) is 14.1. The van der Waals surface area contributed by atoms with Crippen molar-refractivity contribution in [1.82, 2.24) is 4.90 Å². The summed E-state index contributed by atoms with van der Waals surface area (Å²) in [5, 5.41) is 0. The molecule has 2 aliphatic rings. The number of benzene rings is 1. The van der Waals surface area contributed by atoms with Crippen LogP contribution in [0.15, 0.2) is 30.3 Å². The van der Waals surface area contributed by atoms with E-state index in [1.54, 1.807) is 0 Å². The summed E-state index contributed by atoms with van der Waals surface area (Å²) in [5.74, 6) is 1.63. The van der Waals surface area contributed by atoms with Crippen LogP contribution in [0, 0.1) is 5.92 Å². The van der Waals surface area contributed by atoms with Crippen LogP contribution in [-0.4, -0.2) is 30.6 Å². The van der Waals surface area contributed by atoms with Gasteiger partial charge in [0.15, 0.2) is 0 Å². The summed E-state index contributed by atoms with van der Waals surface area (Å²) in [6.45, 7) is 1.25. The topological polar surface area (TPSA) is 29.3 Å². The molecule has 3 rings (SSSR count). The number of likely N-dealkylation sites (N-methyl/N-ethyl adjacent to an activating group) is 1. The summed E-state index contributed by atoms with van der Waals surface area (Å²) in [5.41, 5.74) is 7.92. The Morgan fingerprint density at radius 2 is 1.85 bits per heavy atom. The Morgan fingerprint density at radius 3 is 2.50 bits per heavy atom. The van der Waals surface area contributed by atoms with Gasteiger partial charge in [0, 0.05) is 18.6 Å². The third-order valence-electron chi connectivity index (χ3n) is 5.48. The van der Waals surface area contributed by atoms with Crippen LogP contribution in [0.4, 0.5) is 0 Å². The van der Waals surface area contributed by atoms with Crippen LogP contribution in [0.5, 0.6) is 0 Å². The maximum atomic E-state index is 6.41. The Hall–Kier alpha value is -0.860. The highest BCUT2D eigenvalue weighted by molar-refractivity contribution is 5.20. The lowest BCUT2D eigenvalue weighted by Gasteiger charge is -2.42.